The van der Waals surface area contributed by atoms with Crippen LogP contribution in [0.5, 0.6) is 0 Å². The second kappa shape index (κ2) is 14.5. The van der Waals surface area contributed by atoms with Crippen molar-refractivity contribution in [2.45, 2.75) is 33.2 Å². The van der Waals surface area contributed by atoms with Crippen LogP contribution in [0.25, 0.3) is 16.7 Å². The summed E-state index contributed by atoms with van der Waals surface area (Å²) in [6.45, 7) is 6.17. The average molecular weight is 527 g/mol. The van der Waals surface area contributed by atoms with Gasteiger partial charge in [0.1, 0.15) is 5.82 Å². The molecule has 0 saturated heterocycles. The fourth-order valence-corrected chi connectivity index (χ4v) is 4.02. The van der Waals surface area contributed by atoms with Crippen LogP contribution in [0.1, 0.15) is 35.5 Å². The van der Waals surface area contributed by atoms with Crippen LogP contribution in [-0.4, -0.2) is 43.9 Å². The van der Waals surface area contributed by atoms with Crippen molar-refractivity contribution in [2.24, 2.45) is 7.05 Å². The first-order valence-electron chi connectivity index (χ1n) is 13.0. The minimum Gasteiger partial charge on any atom is -0.397 e. The zero-order valence-corrected chi connectivity index (χ0v) is 23.3. The van der Waals surface area contributed by atoms with E-state index in [1.54, 1.807) is 26.5 Å². The Kier molecular flexibility index (Phi) is 10.8. The number of aryl methyl sites for hydroxylation is 3. The Morgan fingerprint density at radius 1 is 0.974 bits per heavy atom. The molecule has 1 atom stereocenters. The minimum atomic E-state index is -0.281. The molecule has 2 aromatic heterocycles. The lowest BCUT2D eigenvalue weighted by Crippen LogP contribution is -2.37. The lowest BCUT2D eigenvalue weighted by Gasteiger charge is -2.20. The number of amides is 2. The summed E-state index contributed by atoms with van der Waals surface area (Å²) in [6.07, 6.45) is 6.09. The maximum atomic E-state index is 12.1. The monoisotopic (exact) mass is 526 g/mol. The largest absolute Gasteiger partial charge is 0.397 e. The topological polar surface area (TPSA) is 97.0 Å². The highest BCUT2D eigenvalue weighted by atomic mass is 16.2. The Morgan fingerprint density at radius 3 is 2.23 bits per heavy atom. The predicted molar refractivity (Wildman–Crippen MR) is 157 cm³/mol. The number of urea groups is 1. The van der Waals surface area contributed by atoms with Crippen LogP contribution in [0.2, 0.25) is 0 Å². The molecule has 0 fully saturated rings. The number of nitrogens with one attached hydrogen (secondary N) is 2. The van der Waals surface area contributed by atoms with Crippen LogP contribution < -0.4 is 10.6 Å². The van der Waals surface area contributed by atoms with Gasteiger partial charge in [-0.25, -0.2) is 14.8 Å². The molecule has 1 unspecified atom stereocenters. The van der Waals surface area contributed by atoms with Gasteiger partial charge in [0, 0.05) is 38.8 Å². The number of fused-ring (bicyclic) bond motifs is 1. The van der Waals surface area contributed by atoms with E-state index in [0.717, 1.165) is 28.1 Å². The lowest BCUT2D eigenvalue weighted by molar-refractivity contribution is 0.238. The van der Waals surface area contributed by atoms with Gasteiger partial charge in [-0.1, -0.05) is 54.6 Å². The fourth-order valence-electron chi connectivity index (χ4n) is 4.02. The Morgan fingerprint density at radius 2 is 1.62 bits per heavy atom. The number of carbonyl (C=O) groups excluding carboxylic acids is 1. The second-order valence-electron chi connectivity index (χ2n) is 9.05. The standard InChI is InChI=1S/C21H22N6O.C8H10.C2H6O/c1-22-21(28)25-18(12-15-6-4-3-5-7-15)20-23-10-11-27(20)16-8-9-19-17(13-16)24-14-26(19)2;1-7-5-3-4-6-8(7)2;1-2-3/h3-11,13-14,18H,12H2,1-2H3,(H2,22,25,28);3-6H,1-2H3;3H,2H2,1H3. The molecular weight excluding hydrogens is 488 g/mol. The highest BCUT2D eigenvalue weighted by Gasteiger charge is 2.20. The molecule has 3 N–H and O–H groups in total. The van der Waals surface area contributed by atoms with Gasteiger partial charge in [0.05, 0.1) is 23.4 Å². The van der Waals surface area contributed by atoms with Gasteiger partial charge in [0.25, 0.3) is 0 Å². The number of aliphatic hydroxyl groups excluding tert-OH is 1. The Labute approximate surface area is 230 Å². The third-order valence-electron chi connectivity index (χ3n) is 6.21. The molecule has 8 nitrogen and oxygen atoms in total. The van der Waals surface area contributed by atoms with Gasteiger partial charge in [-0.05, 0) is 62.1 Å². The highest BCUT2D eigenvalue weighted by Crippen LogP contribution is 2.23. The molecule has 204 valence electrons. The van der Waals surface area contributed by atoms with Crippen molar-refractivity contribution < 1.29 is 9.90 Å². The summed E-state index contributed by atoms with van der Waals surface area (Å²) < 4.78 is 3.98. The van der Waals surface area contributed by atoms with Crippen molar-refractivity contribution >= 4 is 17.1 Å². The quantitative estimate of drug-likeness (QED) is 0.291. The van der Waals surface area contributed by atoms with E-state index in [4.69, 9.17) is 5.11 Å². The number of aliphatic hydroxyl groups is 1. The number of rotatable bonds is 5. The van der Waals surface area contributed by atoms with Gasteiger partial charge in [0.15, 0.2) is 0 Å². The van der Waals surface area contributed by atoms with Crippen molar-refractivity contribution in [3.63, 3.8) is 0 Å². The van der Waals surface area contributed by atoms with E-state index in [9.17, 15) is 4.79 Å². The zero-order valence-electron chi connectivity index (χ0n) is 23.3. The summed E-state index contributed by atoms with van der Waals surface area (Å²) in [5.41, 5.74) is 6.79. The van der Waals surface area contributed by atoms with Crippen LogP contribution >= 0.6 is 0 Å². The molecule has 0 aliphatic rings. The molecule has 5 aromatic rings. The van der Waals surface area contributed by atoms with Gasteiger partial charge in [0.2, 0.25) is 0 Å². The van der Waals surface area contributed by atoms with Crippen LogP contribution in [-0.2, 0) is 13.5 Å². The Bertz CT molecular complexity index is 1440. The molecule has 0 radical (unpaired) electrons. The SMILES string of the molecule is CCO.CNC(=O)NC(Cc1ccccc1)c1nccn1-c1ccc2c(c1)ncn2C.Cc1ccccc1C. The van der Waals surface area contributed by atoms with E-state index in [2.05, 4.69) is 58.7 Å². The summed E-state index contributed by atoms with van der Waals surface area (Å²) in [5.74, 6) is 0.766. The van der Waals surface area contributed by atoms with E-state index in [0.29, 0.717) is 6.42 Å². The van der Waals surface area contributed by atoms with Crippen molar-refractivity contribution in [1.29, 1.82) is 0 Å². The molecule has 2 heterocycles. The zero-order chi connectivity index (χ0) is 28.2. The number of nitrogens with zero attached hydrogens (tertiary/aromatic N) is 4. The first-order chi connectivity index (χ1) is 18.9. The van der Waals surface area contributed by atoms with Gasteiger partial charge in [-0.15, -0.1) is 0 Å². The lowest BCUT2D eigenvalue weighted by atomic mass is 10.1. The molecule has 0 saturated carbocycles. The van der Waals surface area contributed by atoms with Crippen molar-refractivity contribution in [2.75, 3.05) is 13.7 Å². The van der Waals surface area contributed by atoms with E-state index >= 15 is 0 Å². The summed E-state index contributed by atoms with van der Waals surface area (Å²) >= 11 is 0. The van der Waals surface area contributed by atoms with E-state index < -0.39 is 0 Å². The van der Waals surface area contributed by atoms with E-state index in [-0.39, 0.29) is 18.7 Å². The van der Waals surface area contributed by atoms with Crippen LogP contribution in [0, 0.1) is 13.8 Å². The fraction of sp³-hybridized carbons (Fsp3) is 0.258. The average Bonchev–Trinajstić information content (AvgIpc) is 3.58. The first-order valence-corrected chi connectivity index (χ1v) is 13.0. The van der Waals surface area contributed by atoms with E-state index in [1.165, 1.54) is 11.1 Å². The molecule has 2 amide bonds. The van der Waals surface area contributed by atoms with Gasteiger partial charge < -0.3 is 24.9 Å². The summed E-state index contributed by atoms with van der Waals surface area (Å²) in [7, 11) is 3.58. The molecule has 5 rings (SSSR count). The van der Waals surface area contributed by atoms with Gasteiger partial charge >= 0.3 is 6.03 Å². The smallest absolute Gasteiger partial charge is 0.315 e. The van der Waals surface area contributed by atoms with E-state index in [1.807, 2.05) is 70.9 Å². The molecule has 0 bridgehead atoms. The number of aromatic nitrogens is 4. The molecule has 0 spiro atoms. The van der Waals surface area contributed by atoms with Crippen LogP contribution in [0.4, 0.5) is 4.79 Å². The van der Waals surface area contributed by atoms with Crippen molar-refractivity contribution in [3.05, 3.63) is 114 Å². The molecule has 0 aliphatic heterocycles. The second-order valence-corrected chi connectivity index (χ2v) is 9.05. The maximum absolute atomic E-state index is 12.1. The Hall–Kier alpha value is -4.43. The summed E-state index contributed by atoms with van der Waals surface area (Å²) in [5, 5.41) is 13.2. The van der Waals surface area contributed by atoms with Crippen LogP contribution in [0.15, 0.2) is 91.5 Å². The summed E-state index contributed by atoms with van der Waals surface area (Å²) in [4.78, 5) is 21.1. The third kappa shape index (κ3) is 8.02. The molecular formula is C31H38N6O2. The third-order valence-corrected chi connectivity index (χ3v) is 6.21. The van der Waals surface area contributed by atoms with Crippen molar-refractivity contribution in [1.82, 2.24) is 29.7 Å². The molecule has 0 aliphatic carbocycles. The molecule has 8 heteroatoms. The van der Waals surface area contributed by atoms with Gasteiger partial charge in [-0.2, -0.15) is 0 Å². The molecule has 39 heavy (non-hydrogen) atoms. The Balaban J connectivity index is 0.000000321. The number of hydrogen-bond acceptors (Lipinski definition) is 4. The molecule has 3 aromatic carbocycles. The normalized spacial score (nSPS) is 11.0. The minimum absolute atomic E-state index is 0.240. The first kappa shape index (κ1) is 29.1. The maximum Gasteiger partial charge on any atom is 0.315 e. The highest BCUT2D eigenvalue weighted by molar-refractivity contribution is 5.78. The number of hydrogen-bond donors (Lipinski definition) is 3. The number of benzene rings is 3. The number of carbonyl (C=O) groups is 1. The number of imidazole rings is 2. The summed E-state index contributed by atoms with van der Waals surface area (Å²) in [6, 6.07) is 24.0. The predicted octanol–water partition coefficient (Wildman–Crippen LogP) is 5.27. The van der Waals surface area contributed by atoms with Gasteiger partial charge in [-0.3, -0.25) is 0 Å². The van der Waals surface area contributed by atoms with Crippen LogP contribution in [0.3, 0.4) is 0 Å². The van der Waals surface area contributed by atoms with Crippen molar-refractivity contribution in [3.8, 4) is 5.69 Å².